The minimum absolute atomic E-state index is 0.0794. The van der Waals surface area contributed by atoms with E-state index in [2.05, 4.69) is 4.98 Å². The smallest absolute Gasteiger partial charge is 0.268 e. The minimum atomic E-state index is -2.80. The quantitative estimate of drug-likeness (QED) is 0.781. The maximum atomic E-state index is 12.0. The highest BCUT2D eigenvalue weighted by Gasteiger charge is 2.19. The van der Waals surface area contributed by atoms with E-state index < -0.39 is 12.5 Å². The Bertz CT molecular complexity index is 263. The van der Waals surface area contributed by atoms with Crippen LogP contribution in [0.4, 0.5) is 8.78 Å². The predicted molar refractivity (Wildman–Crippen MR) is 41.8 cm³/mol. The molecule has 0 spiro atoms. The highest BCUT2D eigenvalue weighted by Crippen LogP contribution is 2.20. The van der Waals surface area contributed by atoms with E-state index in [4.69, 9.17) is 9.84 Å². The van der Waals surface area contributed by atoms with Gasteiger partial charge in [0.1, 0.15) is 6.10 Å². The van der Waals surface area contributed by atoms with Crippen LogP contribution in [0.1, 0.15) is 11.7 Å². The summed E-state index contributed by atoms with van der Waals surface area (Å²) in [5.74, 6) is 0.324. The Kier molecular flexibility index (Phi) is 3.13. The Labute approximate surface area is 74.0 Å². The van der Waals surface area contributed by atoms with Gasteiger partial charge in [-0.2, -0.15) is 0 Å². The first-order valence-electron chi connectivity index (χ1n) is 3.61. The van der Waals surface area contributed by atoms with Crippen molar-refractivity contribution in [3.8, 4) is 5.88 Å². The molecule has 1 heterocycles. The summed E-state index contributed by atoms with van der Waals surface area (Å²) < 4.78 is 28.7. The molecule has 0 aromatic carbocycles. The molecule has 13 heavy (non-hydrogen) atoms. The van der Waals surface area contributed by atoms with Crippen LogP contribution in [0.25, 0.3) is 0 Å². The molecule has 1 N–H and O–H groups in total. The van der Waals surface area contributed by atoms with Gasteiger partial charge in [-0.25, -0.2) is 13.8 Å². The lowest BCUT2D eigenvalue weighted by Gasteiger charge is -2.08. The summed E-state index contributed by atoms with van der Waals surface area (Å²) in [6.07, 6.45) is -3.41. The summed E-state index contributed by atoms with van der Waals surface area (Å²) in [5.41, 5.74) is 0.0794. The summed E-state index contributed by atoms with van der Waals surface area (Å²) in [4.78, 5) is 3.69. The van der Waals surface area contributed by atoms with Crippen molar-refractivity contribution >= 4 is 0 Å². The maximum Gasteiger partial charge on any atom is 0.268 e. The van der Waals surface area contributed by atoms with Gasteiger partial charge in [0.05, 0.1) is 7.11 Å². The van der Waals surface area contributed by atoms with E-state index in [0.29, 0.717) is 5.88 Å². The van der Waals surface area contributed by atoms with Crippen molar-refractivity contribution in [2.24, 2.45) is 0 Å². The van der Waals surface area contributed by atoms with Crippen LogP contribution >= 0.6 is 0 Å². The number of ether oxygens (including phenoxy) is 1. The number of hydrogen-bond donors (Lipinski definition) is 1. The second-order valence-electron chi connectivity index (χ2n) is 2.41. The average Bonchev–Trinajstić information content (AvgIpc) is 2.17. The Morgan fingerprint density at radius 3 is 2.54 bits per heavy atom. The molecule has 72 valence electrons. The lowest BCUT2D eigenvalue weighted by Crippen LogP contribution is -2.08. The van der Waals surface area contributed by atoms with Gasteiger partial charge >= 0.3 is 0 Å². The highest BCUT2D eigenvalue weighted by atomic mass is 19.3. The molecule has 1 atom stereocenters. The standard InChI is InChI=1S/C8H9F2NO2/c1-13-6-3-2-5(4-11-6)7(12)8(9)10/h2-4,7-8,12H,1H3. The molecule has 0 aliphatic heterocycles. The van der Waals surface area contributed by atoms with Crippen molar-refractivity contribution in [1.82, 2.24) is 4.98 Å². The monoisotopic (exact) mass is 189 g/mol. The van der Waals surface area contributed by atoms with Crippen molar-refractivity contribution in [2.45, 2.75) is 12.5 Å². The molecule has 0 fully saturated rings. The van der Waals surface area contributed by atoms with E-state index >= 15 is 0 Å². The van der Waals surface area contributed by atoms with Gasteiger partial charge in [0.25, 0.3) is 6.43 Å². The molecular formula is C8H9F2NO2. The second kappa shape index (κ2) is 4.13. The van der Waals surface area contributed by atoms with E-state index in [-0.39, 0.29) is 5.56 Å². The van der Waals surface area contributed by atoms with Crippen molar-refractivity contribution in [3.63, 3.8) is 0 Å². The molecule has 0 amide bonds. The van der Waals surface area contributed by atoms with Crippen LogP contribution in [0.3, 0.4) is 0 Å². The summed E-state index contributed by atoms with van der Waals surface area (Å²) in [7, 11) is 1.42. The topological polar surface area (TPSA) is 42.4 Å². The third-order valence-electron chi connectivity index (χ3n) is 1.55. The molecule has 1 aromatic heterocycles. The fraction of sp³-hybridized carbons (Fsp3) is 0.375. The number of methoxy groups -OCH3 is 1. The maximum absolute atomic E-state index is 12.0. The predicted octanol–water partition coefficient (Wildman–Crippen LogP) is 1.39. The van der Waals surface area contributed by atoms with E-state index in [9.17, 15) is 8.78 Å². The Morgan fingerprint density at radius 2 is 2.15 bits per heavy atom. The number of alkyl halides is 2. The number of aliphatic hydroxyl groups excluding tert-OH is 1. The van der Waals surface area contributed by atoms with Crippen LogP contribution < -0.4 is 4.74 Å². The normalized spacial score (nSPS) is 13.0. The summed E-state index contributed by atoms with van der Waals surface area (Å²) in [6, 6.07) is 2.77. The zero-order valence-electron chi connectivity index (χ0n) is 6.95. The van der Waals surface area contributed by atoms with Gasteiger partial charge < -0.3 is 9.84 Å². The number of rotatable bonds is 3. The zero-order valence-corrected chi connectivity index (χ0v) is 6.95. The number of hydrogen-bond acceptors (Lipinski definition) is 3. The molecule has 0 bridgehead atoms. The van der Waals surface area contributed by atoms with Crippen molar-refractivity contribution < 1.29 is 18.6 Å². The number of pyridine rings is 1. The van der Waals surface area contributed by atoms with Crippen LogP contribution in [-0.4, -0.2) is 23.6 Å². The second-order valence-corrected chi connectivity index (χ2v) is 2.41. The Hall–Kier alpha value is -1.23. The molecular weight excluding hydrogens is 180 g/mol. The van der Waals surface area contributed by atoms with Gasteiger partial charge in [0.2, 0.25) is 5.88 Å². The zero-order chi connectivity index (χ0) is 9.84. The third-order valence-corrected chi connectivity index (χ3v) is 1.55. The molecule has 1 unspecified atom stereocenters. The molecule has 0 radical (unpaired) electrons. The van der Waals surface area contributed by atoms with Crippen LogP contribution in [0.2, 0.25) is 0 Å². The number of aliphatic hydroxyl groups is 1. The molecule has 0 aliphatic rings. The number of aromatic nitrogens is 1. The van der Waals surface area contributed by atoms with Crippen LogP contribution in [-0.2, 0) is 0 Å². The van der Waals surface area contributed by atoms with Crippen molar-refractivity contribution in [3.05, 3.63) is 23.9 Å². The van der Waals surface area contributed by atoms with Crippen molar-refractivity contribution in [2.75, 3.05) is 7.11 Å². The molecule has 0 saturated heterocycles. The van der Waals surface area contributed by atoms with Gasteiger partial charge in [0.15, 0.2) is 0 Å². The highest BCUT2D eigenvalue weighted by molar-refractivity contribution is 5.19. The van der Waals surface area contributed by atoms with Gasteiger partial charge in [-0.1, -0.05) is 0 Å². The largest absolute Gasteiger partial charge is 0.481 e. The van der Waals surface area contributed by atoms with Gasteiger partial charge in [-0.15, -0.1) is 0 Å². The fourth-order valence-electron chi connectivity index (χ4n) is 0.833. The number of halogens is 2. The summed E-state index contributed by atoms with van der Waals surface area (Å²) in [6.45, 7) is 0. The first-order valence-corrected chi connectivity index (χ1v) is 3.61. The lowest BCUT2D eigenvalue weighted by molar-refractivity contribution is -0.00600. The van der Waals surface area contributed by atoms with E-state index in [1.807, 2.05) is 0 Å². The first kappa shape index (κ1) is 9.85. The molecule has 0 aliphatic carbocycles. The molecule has 3 nitrogen and oxygen atoms in total. The van der Waals surface area contributed by atoms with Gasteiger partial charge in [0, 0.05) is 17.8 Å². The van der Waals surface area contributed by atoms with Crippen LogP contribution in [0.5, 0.6) is 5.88 Å². The Morgan fingerprint density at radius 1 is 1.46 bits per heavy atom. The summed E-state index contributed by atoms with van der Waals surface area (Å²) >= 11 is 0. The third kappa shape index (κ3) is 2.35. The van der Waals surface area contributed by atoms with E-state index in [1.54, 1.807) is 0 Å². The molecule has 0 saturated carbocycles. The molecule has 1 aromatic rings. The molecule has 5 heteroatoms. The van der Waals surface area contributed by atoms with E-state index in [0.717, 1.165) is 6.20 Å². The van der Waals surface area contributed by atoms with Crippen LogP contribution in [0, 0.1) is 0 Å². The van der Waals surface area contributed by atoms with E-state index in [1.165, 1.54) is 19.2 Å². The number of nitrogens with zero attached hydrogens (tertiary/aromatic N) is 1. The van der Waals surface area contributed by atoms with Gasteiger partial charge in [-0.05, 0) is 6.07 Å². The van der Waals surface area contributed by atoms with Crippen LogP contribution in [0.15, 0.2) is 18.3 Å². The Balaban J connectivity index is 2.79. The average molecular weight is 189 g/mol. The SMILES string of the molecule is COc1ccc(C(O)C(F)F)cn1. The first-order chi connectivity index (χ1) is 6.15. The van der Waals surface area contributed by atoms with Crippen molar-refractivity contribution in [1.29, 1.82) is 0 Å². The van der Waals surface area contributed by atoms with Gasteiger partial charge in [-0.3, -0.25) is 0 Å². The summed E-state index contributed by atoms with van der Waals surface area (Å²) in [5, 5.41) is 8.93. The minimum Gasteiger partial charge on any atom is -0.481 e. The molecule has 1 rings (SSSR count). The lowest BCUT2D eigenvalue weighted by atomic mass is 10.2. The fourth-order valence-corrected chi connectivity index (χ4v) is 0.833.